The molecule has 0 saturated carbocycles. The van der Waals surface area contributed by atoms with Crippen LogP contribution in [0.2, 0.25) is 13.1 Å². The lowest BCUT2D eigenvalue weighted by Crippen LogP contribution is -2.54. The smallest absolute Gasteiger partial charge is 0.158 e. The molecule has 1 unspecified atom stereocenters. The summed E-state index contributed by atoms with van der Waals surface area (Å²) in [5, 5.41) is 2.84. The summed E-state index contributed by atoms with van der Waals surface area (Å²) in [4.78, 5) is 2.31. The van der Waals surface area contributed by atoms with Gasteiger partial charge < -0.3 is 14.4 Å². The number of hydrogen-bond donors (Lipinski definition) is 0. The number of rotatable bonds is 8. The van der Waals surface area contributed by atoms with E-state index in [-0.39, 0.29) is 6.29 Å². The maximum Gasteiger partial charge on any atom is 0.158 e. The maximum absolute atomic E-state index is 6.18. The van der Waals surface area contributed by atoms with E-state index in [9.17, 15) is 0 Å². The van der Waals surface area contributed by atoms with Crippen molar-refractivity contribution in [3.05, 3.63) is 115 Å². The summed E-state index contributed by atoms with van der Waals surface area (Å²) in [6, 6.07) is 39.1. The number of anilines is 3. The lowest BCUT2D eigenvalue weighted by atomic mass is 10.2. The van der Waals surface area contributed by atoms with Crippen LogP contribution in [0.25, 0.3) is 0 Å². The lowest BCUT2D eigenvalue weighted by Gasteiger charge is -2.29. The van der Waals surface area contributed by atoms with E-state index in [1.54, 1.807) is 0 Å². The second-order valence-corrected chi connectivity index (χ2v) is 14.3. The largest absolute Gasteiger partial charge is 0.353 e. The molecule has 5 rings (SSSR count). The number of para-hydroxylation sites is 2. The minimum absolute atomic E-state index is 0.0715. The molecule has 1 heterocycles. The van der Waals surface area contributed by atoms with Crippen molar-refractivity contribution in [2.45, 2.75) is 45.3 Å². The number of hydrogen-bond acceptors (Lipinski definition) is 3. The van der Waals surface area contributed by atoms with Crippen molar-refractivity contribution in [1.29, 1.82) is 0 Å². The van der Waals surface area contributed by atoms with Crippen LogP contribution in [0.5, 0.6) is 0 Å². The van der Waals surface area contributed by atoms with Crippen LogP contribution in [-0.2, 0) is 16.1 Å². The number of benzene rings is 4. The highest BCUT2D eigenvalue weighted by atomic mass is 28.3. The summed E-state index contributed by atoms with van der Waals surface area (Å²) in [7, 11) is -1.94. The summed E-state index contributed by atoms with van der Waals surface area (Å²) < 4.78 is 12.0. The molecule has 184 valence electrons. The Labute approximate surface area is 216 Å². The highest BCUT2D eigenvalue weighted by molar-refractivity contribution is 7.00. The van der Waals surface area contributed by atoms with Crippen LogP contribution >= 0.6 is 0 Å². The van der Waals surface area contributed by atoms with Gasteiger partial charge in [0.05, 0.1) is 6.61 Å². The standard InChI is InChI=1S/C32H35NO2Si/c1-36(2,31-18-10-9-13-26(31)25-35-32-19-11-12-24-34-32)30-22-20-29(21-23-30)33(27-14-5-3-6-15-27)28-16-7-4-8-17-28/h3-10,13-18,20-23,32H,11-12,19,24-25H2,1-2H3. The van der Waals surface area contributed by atoms with Gasteiger partial charge in [0, 0.05) is 23.7 Å². The minimum atomic E-state index is -1.94. The van der Waals surface area contributed by atoms with Gasteiger partial charge in [-0.15, -0.1) is 0 Å². The summed E-state index contributed by atoms with van der Waals surface area (Å²) >= 11 is 0. The first-order valence-corrected chi connectivity index (χ1v) is 16.0. The van der Waals surface area contributed by atoms with Crippen LogP contribution in [0.4, 0.5) is 17.1 Å². The molecule has 0 bridgehead atoms. The molecule has 1 saturated heterocycles. The first-order chi connectivity index (χ1) is 17.6. The average molecular weight is 494 g/mol. The van der Waals surface area contributed by atoms with Crippen molar-refractivity contribution in [2.24, 2.45) is 0 Å². The predicted molar refractivity (Wildman–Crippen MR) is 153 cm³/mol. The Bertz CT molecular complexity index is 1200. The fraction of sp³-hybridized carbons (Fsp3) is 0.250. The molecule has 1 aliphatic heterocycles. The number of ether oxygens (including phenoxy) is 2. The van der Waals surface area contributed by atoms with Crippen LogP contribution in [0, 0.1) is 0 Å². The lowest BCUT2D eigenvalue weighted by molar-refractivity contribution is -0.168. The zero-order chi connectivity index (χ0) is 24.8. The molecule has 1 fully saturated rings. The van der Waals surface area contributed by atoms with Gasteiger partial charge in [-0.1, -0.05) is 91.1 Å². The monoisotopic (exact) mass is 493 g/mol. The topological polar surface area (TPSA) is 21.7 Å². The second-order valence-electron chi connectivity index (χ2n) is 9.94. The first kappa shape index (κ1) is 24.5. The molecule has 0 spiro atoms. The van der Waals surface area contributed by atoms with E-state index in [4.69, 9.17) is 9.47 Å². The molecule has 0 amide bonds. The van der Waals surface area contributed by atoms with E-state index in [1.165, 1.54) is 22.4 Å². The van der Waals surface area contributed by atoms with E-state index < -0.39 is 8.07 Å². The zero-order valence-electron chi connectivity index (χ0n) is 21.3. The SMILES string of the molecule is C[Si](C)(c1ccc(N(c2ccccc2)c2ccccc2)cc1)c1ccccc1COC1CCCCO1. The Morgan fingerprint density at radius 3 is 1.92 bits per heavy atom. The summed E-state index contributed by atoms with van der Waals surface area (Å²) in [6.07, 6.45) is 3.24. The van der Waals surface area contributed by atoms with Gasteiger partial charge >= 0.3 is 0 Å². The van der Waals surface area contributed by atoms with E-state index in [0.29, 0.717) is 6.61 Å². The number of nitrogens with zero attached hydrogens (tertiary/aromatic N) is 1. The molecule has 36 heavy (non-hydrogen) atoms. The third kappa shape index (κ3) is 5.46. The van der Waals surface area contributed by atoms with E-state index >= 15 is 0 Å². The molecule has 0 N–H and O–H groups in total. The van der Waals surface area contributed by atoms with Gasteiger partial charge in [-0.2, -0.15) is 0 Å². The molecular weight excluding hydrogens is 458 g/mol. The van der Waals surface area contributed by atoms with Crippen LogP contribution in [0.15, 0.2) is 109 Å². The van der Waals surface area contributed by atoms with Crippen molar-refractivity contribution in [2.75, 3.05) is 11.5 Å². The molecule has 0 radical (unpaired) electrons. The van der Waals surface area contributed by atoms with Crippen molar-refractivity contribution in [3.8, 4) is 0 Å². The normalized spacial score (nSPS) is 16.0. The van der Waals surface area contributed by atoms with Gasteiger partial charge in [-0.25, -0.2) is 0 Å². The van der Waals surface area contributed by atoms with Gasteiger partial charge in [0.15, 0.2) is 6.29 Å². The third-order valence-corrected chi connectivity index (χ3v) is 10.7. The highest BCUT2D eigenvalue weighted by Gasteiger charge is 2.29. The van der Waals surface area contributed by atoms with Crippen LogP contribution in [-0.4, -0.2) is 21.0 Å². The molecular formula is C32H35NO2Si. The Balaban J connectivity index is 1.42. The molecule has 0 aromatic heterocycles. The Morgan fingerprint density at radius 1 is 0.722 bits per heavy atom. The summed E-state index contributed by atoms with van der Waals surface area (Å²) in [5.41, 5.74) is 4.75. The van der Waals surface area contributed by atoms with Crippen LogP contribution in [0.3, 0.4) is 0 Å². The summed E-state index contributed by atoms with van der Waals surface area (Å²) in [6.45, 7) is 6.28. The van der Waals surface area contributed by atoms with Crippen molar-refractivity contribution < 1.29 is 9.47 Å². The van der Waals surface area contributed by atoms with Crippen molar-refractivity contribution in [3.63, 3.8) is 0 Å². The Hall–Kier alpha value is -3.18. The van der Waals surface area contributed by atoms with E-state index in [0.717, 1.165) is 36.5 Å². The zero-order valence-corrected chi connectivity index (χ0v) is 22.3. The van der Waals surface area contributed by atoms with Gasteiger partial charge in [-0.3, -0.25) is 0 Å². The third-order valence-electron chi connectivity index (χ3n) is 7.13. The molecule has 1 aliphatic rings. The van der Waals surface area contributed by atoms with Crippen LogP contribution in [0.1, 0.15) is 24.8 Å². The Kier molecular flexibility index (Phi) is 7.66. The predicted octanol–water partition coefficient (Wildman–Crippen LogP) is 7.02. The van der Waals surface area contributed by atoms with Gasteiger partial charge in [0.2, 0.25) is 0 Å². The average Bonchev–Trinajstić information content (AvgIpc) is 2.94. The molecule has 4 aromatic rings. The van der Waals surface area contributed by atoms with Gasteiger partial charge in [0.25, 0.3) is 0 Å². The fourth-order valence-corrected chi connectivity index (χ4v) is 7.85. The quantitative estimate of drug-likeness (QED) is 0.246. The minimum Gasteiger partial charge on any atom is -0.353 e. The van der Waals surface area contributed by atoms with Gasteiger partial charge in [0.1, 0.15) is 8.07 Å². The maximum atomic E-state index is 6.18. The molecule has 1 atom stereocenters. The Morgan fingerprint density at radius 2 is 1.31 bits per heavy atom. The fourth-order valence-electron chi connectivity index (χ4n) is 5.07. The first-order valence-electron chi connectivity index (χ1n) is 13.0. The molecule has 4 aromatic carbocycles. The molecule has 0 aliphatic carbocycles. The highest BCUT2D eigenvalue weighted by Crippen LogP contribution is 2.33. The van der Waals surface area contributed by atoms with Crippen molar-refractivity contribution in [1.82, 2.24) is 0 Å². The molecule has 4 heteroatoms. The molecule has 3 nitrogen and oxygen atoms in total. The van der Waals surface area contributed by atoms with Crippen molar-refractivity contribution >= 4 is 35.5 Å². The van der Waals surface area contributed by atoms with E-state index in [1.807, 2.05) is 0 Å². The van der Waals surface area contributed by atoms with Gasteiger partial charge in [-0.05, 0) is 66.4 Å². The summed E-state index contributed by atoms with van der Waals surface area (Å²) in [5.74, 6) is 0. The second kappa shape index (κ2) is 11.3. The van der Waals surface area contributed by atoms with Crippen LogP contribution < -0.4 is 15.3 Å². The van der Waals surface area contributed by atoms with E-state index in [2.05, 4.69) is 127 Å².